The van der Waals surface area contributed by atoms with Gasteiger partial charge in [0.2, 0.25) is 0 Å². The predicted molar refractivity (Wildman–Crippen MR) is 204 cm³/mol. The molecule has 0 unspecified atom stereocenters. The number of esters is 1. The van der Waals surface area contributed by atoms with Crippen molar-refractivity contribution in [1.82, 2.24) is 5.32 Å². The van der Waals surface area contributed by atoms with Gasteiger partial charge in [0.15, 0.2) is 0 Å². The van der Waals surface area contributed by atoms with E-state index in [1.54, 1.807) is 77.9 Å². The van der Waals surface area contributed by atoms with Crippen molar-refractivity contribution in [2.75, 3.05) is 13.1 Å². The van der Waals surface area contributed by atoms with Gasteiger partial charge in [-0.1, -0.05) is 103 Å². The van der Waals surface area contributed by atoms with Crippen molar-refractivity contribution in [1.29, 1.82) is 0 Å². The van der Waals surface area contributed by atoms with E-state index in [1.807, 2.05) is 26.0 Å². The van der Waals surface area contributed by atoms with E-state index in [9.17, 15) is 28.8 Å². The Morgan fingerprint density at radius 2 is 1.09 bits per heavy atom. The number of alkyl carbamates (subject to hydrolysis) is 1. The van der Waals surface area contributed by atoms with Crippen LogP contribution < -0.4 is 11.1 Å². The van der Waals surface area contributed by atoms with Gasteiger partial charge in [0, 0.05) is 40.3 Å². The molecule has 15 nitrogen and oxygen atoms in total. The van der Waals surface area contributed by atoms with Gasteiger partial charge in [-0.05, 0) is 41.9 Å². The van der Waals surface area contributed by atoms with Gasteiger partial charge in [-0.25, -0.2) is 4.79 Å². The van der Waals surface area contributed by atoms with Gasteiger partial charge in [0.05, 0.1) is 24.7 Å². The molecule has 3 atom stereocenters. The molecule has 0 saturated heterocycles. The Morgan fingerprint density at radius 3 is 1.38 bits per heavy atom. The number of aldehydes is 1. The first-order valence-corrected chi connectivity index (χ1v) is 17.8. The average Bonchev–Trinajstić information content (AvgIpc) is 3.10. The SMILES string of the molecule is CC(C)C(=O)O.CC(C)C(=O)O[C@H](OC(=O)NC[C@H](CC(=O)O)c1ccc(Cl)cc1)C(C)C.CC(C)C=O.NC[C@H](CC(=O)O)c1ccc(Cl)cc1.O=C=O. The van der Waals surface area contributed by atoms with Crippen LogP contribution in [0.25, 0.3) is 0 Å². The lowest BCUT2D eigenvalue weighted by atomic mass is 9.96. The third kappa shape index (κ3) is 30.2. The summed E-state index contributed by atoms with van der Waals surface area (Å²) in [6, 6.07) is 13.8. The third-order valence-electron chi connectivity index (χ3n) is 6.54. The lowest BCUT2D eigenvalue weighted by molar-refractivity contribution is -0.192. The number of hydrogen-bond donors (Lipinski definition) is 5. The Bertz CT molecular complexity index is 1460. The lowest BCUT2D eigenvalue weighted by Crippen LogP contribution is -2.37. The minimum absolute atomic E-state index is 0.0513. The molecule has 0 bridgehead atoms. The second-order valence-corrected chi connectivity index (χ2v) is 13.7. The van der Waals surface area contributed by atoms with Crippen LogP contribution in [0.5, 0.6) is 0 Å². The highest BCUT2D eigenvalue weighted by atomic mass is 35.5. The van der Waals surface area contributed by atoms with Crippen LogP contribution in [0.1, 0.15) is 91.2 Å². The summed E-state index contributed by atoms with van der Waals surface area (Å²) >= 11 is 11.6. The Kier molecular flexibility index (Phi) is 31.2. The second-order valence-electron chi connectivity index (χ2n) is 12.9. The number of halogens is 2. The molecule has 0 aliphatic carbocycles. The molecule has 1 amide bonds. The number of ether oxygens (including phenoxy) is 2. The van der Waals surface area contributed by atoms with E-state index in [0.29, 0.717) is 16.6 Å². The number of benzene rings is 2. The first-order chi connectivity index (χ1) is 25.6. The van der Waals surface area contributed by atoms with Crippen LogP contribution >= 0.6 is 23.2 Å². The molecule has 0 aromatic heterocycles. The Morgan fingerprint density at radius 1 is 0.727 bits per heavy atom. The summed E-state index contributed by atoms with van der Waals surface area (Å²) in [7, 11) is 0. The highest BCUT2D eigenvalue weighted by Gasteiger charge is 2.25. The third-order valence-corrected chi connectivity index (χ3v) is 7.04. The monoisotopic (exact) mass is 816 g/mol. The summed E-state index contributed by atoms with van der Waals surface area (Å²) in [5, 5.41) is 29.5. The Labute approximate surface area is 331 Å². The molecule has 2 aromatic carbocycles. The number of aliphatic carboxylic acids is 3. The molecule has 55 heavy (non-hydrogen) atoms. The maximum absolute atomic E-state index is 12.1. The van der Waals surface area contributed by atoms with E-state index in [0.717, 1.165) is 17.4 Å². The highest BCUT2D eigenvalue weighted by Crippen LogP contribution is 2.22. The molecule has 308 valence electrons. The Balaban J connectivity index is -0.000000794. The number of carbonyl (C=O) groups excluding carboxylic acids is 5. The van der Waals surface area contributed by atoms with E-state index < -0.39 is 42.2 Å². The Hall–Kier alpha value is -4.82. The van der Waals surface area contributed by atoms with Crippen molar-refractivity contribution in [3.05, 3.63) is 69.7 Å². The molecule has 0 fully saturated rings. The summed E-state index contributed by atoms with van der Waals surface area (Å²) < 4.78 is 10.4. The molecule has 0 heterocycles. The van der Waals surface area contributed by atoms with Crippen LogP contribution in [-0.2, 0) is 43.0 Å². The van der Waals surface area contributed by atoms with Crippen LogP contribution in [0.15, 0.2) is 48.5 Å². The van der Waals surface area contributed by atoms with Crippen molar-refractivity contribution in [3.63, 3.8) is 0 Å². The summed E-state index contributed by atoms with van der Waals surface area (Å²) in [5.74, 6) is -4.23. The van der Waals surface area contributed by atoms with Gasteiger partial charge >= 0.3 is 36.1 Å². The molecule has 17 heteroatoms. The van der Waals surface area contributed by atoms with E-state index in [1.165, 1.54) is 0 Å². The maximum atomic E-state index is 12.1. The molecule has 0 saturated carbocycles. The first-order valence-electron chi connectivity index (χ1n) is 17.0. The van der Waals surface area contributed by atoms with Gasteiger partial charge in [0.25, 0.3) is 6.29 Å². The molecule has 0 aliphatic rings. The second kappa shape index (κ2) is 31.5. The minimum Gasteiger partial charge on any atom is -0.481 e. The van der Waals surface area contributed by atoms with Crippen molar-refractivity contribution in [3.8, 4) is 0 Å². The topological polar surface area (TPSA) is 254 Å². The normalized spacial score (nSPS) is 11.5. The molecule has 0 aliphatic heterocycles. The summed E-state index contributed by atoms with van der Waals surface area (Å²) in [4.78, 5) is 80.9. The minimum atomic E-state index is -1.02. The highest BCUT2D eigenvalue weighted by molar-refractivity contribution is 6.30. The smallest absolute Gasteiger partial charge is 0.410 e. The van der Waals surface area contributed by atoms with Gasteiger partial charge in [0.1, 0.15) is 6.29 Å². The summed E-state index contributed by atoms with van der Waals surface area (Å²) in [6.07, 6.45) is -0.751. The summed E-state index contributed by atoms with van der Waals surface area (Å²) in [6.45, 7) is 14.2. The number of rotatable bonds is 15. The largest absolute Gasteiger partial charge is 0.481 e. The fourth-order valence-electron chi connectivity index (χ4n) is 3.44. The van der Waals surface area contributed by atoms with Crippen LogP contribution in [0.4, 0.5) is 4.79 Å². The van der Waals surface area contributed by atoms with Crippen LogP contribution in [-0.4, -0.2) is 77.1 Å². The van der Waals surface area contributed by atoms with E-state index in [4.69, 9.17) is 63.3 Å². The first kappa shape index (κ1) is 54.5. The van der Waals surface area contributed by atoms with E-state index in [2.05, 4.69) is 5.32 Å². The fraction of sp³-hybridized carbons (Fsp3) is 0.500. The zero-order chi connectivity index (χ0) is 43.3. The number of amides is 1. The fourth-order valence-corrected chi connectivity index (χ4v) is 3.69. The zero-order valence-electron chi connectivity index (χ0n) is 32.3. The van der Waals surface area contributed by atoms with E-state index in [-0.39, 0.29) is 55.1 Å². The molecule has 0 radical (unpaired) electrons. The zero-order valence-corrected chi connectivity index (χ0v) is 33.8. The van der Waals surface area contributed by atoms with Crippen molar-refractivity contribution in [2.24, 2.45) is 29.4 Å². The average molecular weight is 818 g/mol. The molecular weight excluding hydrogens is 763 g/mol. The lowest BCUT2D eigenvalue weighted by Gasteiger charge is -2.23. The number of carbonyl (C=O) groups is 6. The van der Waals surface area contributed by atoms with Crippen molar-refractivity contribution >= 4 is 65.6 Å². The van der Waals surface area contributed by atoms with E-state index >= 15 is 0 Å². The number of hydrogen-bond acceptors (Lipinski definition) is 11. The number of carboxylic acids is 3. The van der Waals surface area contributed by atoms with Crippen molar-refractivity contribution in [2.45, 2.75) is 86.4 Å². The number of nitrogens with one attached hydrogen (secondary N) is 1. The number of nitrogens with two attached hydrogens (primary N) is 1. The number of carboxylic acid groups (broad SMARTS) is 3. The van der Waals surface area contributed by atoms with Gasteiger partial charge in [-0.15, -0.1) is 0 Å². The molecule has 6 N–H and O–H groups in total. The molecule has 0 spiro atoms. The predicted octanol–water partition coefficient (Wildman–Crippen LogP) is 6.65. The van der Waals surface area contributed by atoms with Crippen LogP contribution in [0.2, 0.25) is 10.0 Å². The van der Waals surface area contributed by atoms with Gasteiger partial charge in [-0.2, -0.15) is 9.59 Å². The molecule has 2 rings (SSSR count). The standard InChI is InChI=1S/C19H26ClNO6.C10H12ClNO2.C4H8O2.C4H8O.CO2/c1-11(2)17(24)26-18(12(3)4)27-19(25)21-10-14(9-16(22)23)13-5-7-15(20)8-6-13;11-9-3-1-7(2-4-9)8(6-12)5-10(13)14;1-3(2)4(5)6;1-4(2)3-5;2-1-3/h5-8,11-12,14,18H,9-10H2,1-4H3,(H,21,25)(H,22,23);1-4,8H,5-6,12H2,(H,13,14);3H,1-2H3,(H,5,6);3-4H,1-2H3;/t14-,18+;8-;;;/m00.../s1. The molecule has 2 aromatic rings. The quantitative estimate of drug-likeness (QED) is 0.0717. The van der Waals surface area contributed by atoms with Gasteiger partial charge < -0.3 is 40.6 Å². The van der Waals surface area contributed by atoms with Crippen molar-refractivity contribution < 1.29 is 63.1 Å². The summed E-state index contributed by atoms with van der Waals surface area (Å²) in [5.41, 5.74) is 7.14. The molecular formula is C38H54Cl2N2O13. The van der Waals surface area contributed by atoms with Crippen LogP contribution in [0, 0.1) is 23.7 Å². The van der Waals surface area contributed by atoms with Crippen LogP contribution in [0.3, 0.4) is 0 Å². The maximum Gasteiger partial charge on any atom is 0.410 e. The van der Waals surface area contributed by atoms with Gasteiger partial charge in [-0.3, -0.25) is 19.2 Å².